The van der Waals surface area contributed by atoms with Gasteiger partial charge in [0.15, 0.2) is 11.5 Å². The number of hydrazone groups is 1. The van der Waals surface area contributed by atoms with Crippen LogP contribution in [0.25, 0.3) is 17.1 Å². The number of phenols is 1. The molecule has 0 atom stereocenters. The zero-order valence-corrected chi connectivity index (χ0v) is 23.7. The number of aromatic amines is 1. The Morgan fingerprint density at radius 1 is 1.13 bits per heavy atom. The van der Waals surface area contributed by atoms with Crippen LogP contribution in [0.5, 0.6) is 11.5 Å². The number of phenolic OH excluding ortho intramolecular Hbond substituents is 1. The lowest BCUT2D eigenvalue weighted by Crippen LogP contribution is -2.34. The average molecular weight is 545 g/mol. The molecule has 0 aliphatic heterocycles. The van der Waals surface area contributed by atoms with Crippen molar-refractivity contribution in [3.8, 4) is 28.6 Å². The molecular formula is C30H34N5O3S+. The Labute approximate surface area is 233 Å². The minimum atomic E-state index is -0.269. The Kier molecular flexibility index (Phi) is 8.71. The molecule has 1 heterocycles. The molecule has 8 nitrogen and oxygen atoms in total. The van der Waals surface area contributed by atoms with E-state index in [0.717, 1.165) is 22.6 Å². The highest BCUT2D eigenvalue weighted by molar-refractivity contribution is 7.99. The van der Waals surface area contributed by atoms with E-state index < -0.39 is 0 Å². The fraction of sp³-hybridized carbons (Fsp3) is 0.267. The molecule has 4 aromatic rings. The number of hydrogen-bond donors (Lipinski definition) is 3. The molecule has 0 spiro atoms. The van der Waals surface area contributed by atoms with Gasteiger partial charge in [0, 0.05) is 0 Å². The summed E-state index contributed by atoms with van der Waals surface area (Å²) in [5.41, 5.74) is 7.66. The zero-order valence-electron chi connectivity index (χ0n) is 22.9. The minimum absolute atomic E-state index is 0.0554. The number of thioether (sulfide) groups is 1. The van der Waals surface area contributed by atoms with Gasteiger partial charge < -0.3 is 9.84 Å². The van der Waals surface area contributed by atoms with E-state index in [1.165, 1.54) is 29.6 Å². The van der Waals surface area contributed by atoms with E-state index in [4.69, 9.17) is 4.74 Å². The number of ether oxygens (including phenoxy) is 1. The normalized spacial score (nSPS) is 11.6. The standard InChI is InChI=1S/C30H33N5O3S/c1-6-38-26-17-21(9-16-25(26)36)18-31-32-27(37)19-39-29-34-33-28(35(29)24-14-7-20(2)8-15-24)22-10-12-23(13-11-22)30(3,4)5/h7-18H,6,19H2,1-5H3,(H2,31,32,36,37)/p+1. The number of nitrogens with one attached hydrogen (secondary N) is 2. The average Bonchev–Trinajstić information content (AvgIpc) is 3.33. The maximum absolute atomic E-state index is 12.6. The molecule has 1 amide bonds. The highest BCUT2D eigenvalue weighted by Crippen LogP contribution is 2.27. The van der Waals surface area contributed by atoms with Gasteiger partial charge in [-0.05, 0) is 84.6 Å². The van der Waals surface area contributed by atoms with Crippen LogP contribution in [0.4, 0.5) is 0 Å². The molecule has 0 aliphatic rings. The molecular weight excluding hydrogens is 510 g/mol. The molecule has 0 saturated heterocycles. The largest absolute Gasteiger partial charge is 0.504 e. The first-order chi connectivity index (χ1) is 18.7. The predicted octanol–water partition coefficient (Wildman–Crippen LogP) is 5.31. The third kappa shape index (κ3) is 7.06. The van der Waals surface area contributed by atoms with Crippen LogP contribution in [-0.4, -0.2) is 39.8 Å². The summed E-state index contributed by atoms with van der Waals surface area (Å²) in [6, 6.07) is 21.5. The summed E-state index contributed by atoms with van der Waals surface area (Å²) in [5.74, 6) is 1.11. The lowest BCUT2D eigenvalue weighted by Gasteiger charge is -2.18. The van der Waals surface area contributed by atoms with Crippen molar-refractivity contribution in [1.82, 2.24) is 15.6 Å². The number of H-pyrrole nitrogens is 1. The molecule has 3 N–H and O–H groups in total. The first kappa shape index (κ1) is 27.9. The number of carbonyl (C=O) groups excluding carboxylic acids is 1. The van der Waals surface area contributed by atoms with Crippen molar-refractivity contribution >= 4 is 23.9 Å². The third-order valence-corrected chi connectivity index (χ3v) is 6.95. The number of carbonyl (C=O) groups is 1. The van der Waals surface area contributed by atoms with E-state index in [0.29, 0.717) is 23.1 Å². The van der Waals surface area contributed by atoms with E-state index in [1.54, 1.807) is 12.1 Å². The van der Waals surface area contributed by atoms with E-state index >= 15 is 0 Å². The molecule has 39 heavy (non-hydrogen) atoms. The van der Waals surface area contributed by atoms with Gasteiger partial charge in [0.25, 0.3) is 11.7 Å². The third-order valence-electron chi connectivity index (χ3n) is 6.01. The molecule has 0 unspecified atom stereocenters. The highest BCUT2D eigenvalue weighted by atomic mass is 32.2. The topological polar surface area (TPSA) is 103 Å². The van der Waals surface area contributed by atoms with Crippen LogP contribution < -0.4 is 14.7 Å². The Morgan fingerprint density at radius 2 is 1.85 bits per heavy atom. The second kappa shape index (κ2) is 12.2. The summed E-state index contributed by atoms with van der Waals surface area (Å²) in [6.45, 7) is 10.9. The Morgan fingerprint density at radius 3 is 2.51 bits per heavy atom. The second-order valence-electron chi connectivity index (χ2n) is 10.1. The van der Waals surface area contributed by atoms with Crippen molar-refractivity contribution in [3.63, 3.8) is 0 Å². The van der Waals surface area contributed by atoms with E-state index in [-0.39, 0.29) is 22.8 Å². The van der Waals surface area contributed by atoms with E-state index in [2.05, 4.69) is 77.9 Å². The van der Waals surface area contributed by atoms with Crippen molar-refractivity contribution < 1.29 is 19.2 Å². The minimum Gasteiger partial charge on any atom is -0.504 e. The van der Waals surface area contributed by atoms with Crippen LogP contribution in [0, 0.1) is 6.92 Å². The van der Waals surface area contributed by atoms with Gasteiger partial charge in [0.1, 0.15) is 5.69 Å². The van der Waals surface area contributed by atoms with Gasteiger partial charge in [-0.15, -0.1) is 5.10 Å². The zero-order chi connectivity index (χ0) is 28.0. The number of aryl methyl sites for hydroxylation is 1. The van der Waals surface area contributed by atoms with Crippen LogP contribution in [0.15, 0.2) is 77.0 Å². The van der Waals surface area contributed by atoms with Gasteiger partial charge in [-0.1, -0.05) is 50.6 Å². The van der Waals surface area contributed by atoms with Gasteiger partial charge in [0.05, 0.1) is 29.2 Å². The molecule has 3 aromatic carbocycles. The summed E-state index contributed by atoms with van der Waals surface area (Å²) in [4.78, 5) is 12.6. The second-order valence-corrected chi connectivity index (χ2v) is 11.0. The van der Waals surface area contributed by atoms with Crippen molar-refractivity contribution in [1.29, 1.82) is 0 Å². The summed E-state index contributed by atoms with van der Waals surface area (Å²) < 4.78 is 7.41. The highest BCUT2D eigenvalue weighted by Gasteiger charge is 2.25. The van der Waals surface area contributed by atoms with Crippen LogP contribution >= 0.6 is 11.8 Å². The molecule has 1 aromatic heterocycles. The lowest BCUT2D eigenvalue weighted by atomic mass is 9.87. The maximum Gasteiger partial charge on any atom is 0.342 e. The number of benzene rings is 3. The Hall–Kier alpha value is -4.11. The molecule has 202 valence electrons. The van der Waals surface area contributed by atoms with Crippen molar-refractivity contribution in [2.45, 2.75) is 45.2 Å². The molecule has 9 heteroatoms. The first-order valence-corrected chi connectivity index (χ1v) is 13.7. The first-order valence-electron chi connectivity index (χ1n) is 12.7. The lowest BCUT2D eigenvalue weighted by molar-refractivity contribution is -0.625. The van der Waals surface area contributed by atoms with E-state index in [9.17, 15) is 9.90 Å². The molecule has 0 bridgehead atoms. The predicted molar refractivity (Wildman–Crippen MR) is 155 cm³/mol. The fourth-order valence-electron chi connectivity index (χ4n) is 3.87. The number of rotatable bonds is 9. The van der Waals surface area contributed by atoms with Crippen LogP contribution in [0.3, 0.4) is 0 Å². The van der Waals surface area contributed by atoms with Crippen LogP contribution in [0.2, 0.25) is 0 Å². The number of hydrogen-bond acceptors (Lipinski definition) is 6. The molecule has 0 aliphatic carbocycles. The summed E-state index contributed by atoms with van der Waals surface area (Å²) >= 11 is 1.32. The molecule has 4 rings (SSSR count). The monoisotopic (exact) mass is 544 g/mol. The van der Waals surface area contributed by atoms with Gasteiger partial charge >= 0.3 is 5.16 Å². The fourth-order valence-corrected chi connectivity index (χ4v) is 4.63. The number of aromatic nitrogens is 3. The number of aromatic hydroxyl groups is 1. The van der Waals surface area contributed by atoms with Gasteiger partial charge in [-0.3, -0.25) is 4.79 Å². The van der Waals surface area contributed by atoms with Crippen molar-refractivity contribution in [2.75, 3.05) is 12.4 Å². The number of nitrogens with zero attached hydrogens (tertiary/aromatic N) is 3. The van der Waals surface area contributed by atoms with Crippen LogP contribution in [-0.2, 0) is 10.2 Å². The quantitative estimate of drug-likeness (QED) is 0.115. The van der Waals surface area contributed by atoms with Gasteiger partial charge in [0.2, 0.25) is 0 Å². The Balaban J connectivity index is 1.50. The van der Waals surface area contributed by atoms with Crippen molar-refractivity contribution in [2.24, 2.45) is 5.10 Å². The summed E-state index contributed by atoms with van der Waals surface area (Å²) in [7, 11) is 0. The number of amides is 1. The molecule has 0 fully saturated rings. The SMILES string of the molecule is CCOc1cc(/C=N/NC(=O)CSc2n[nH]c(-c3ccc(C(C)(C)C)cc3)[n+]2-c2ccc(C)cc2)ccc1O. The van der Waals surface area contributed by atoms with Crippen LogP contribution in [0.1, 0.15) is 44.4 Å². The molecule has 0 radical (unpaired) electrons. The summed E-state index contributed by atoms with van der Waals surface area (Å²) in [5, 5.41) is 22.3. The molecule has 0 saturated carbocycles. The van der Waals surface area contributed by atoms with Gasteiger partial charge in [-0.25, -0.2) is 5.43 Å². The Bertz CT molecular complexity index is 1460. The smallest absolute Gasteiger partial charge is 0.342 e. The van der Waals surface area contributed by atoms with Crippen molar-refractivity contribution in [3.05, 3.63) is 83.4 Å². The van der Waals surface area contributed by atoms with E-state index in [1.807, 2.05) is 30.5 Å². The van der Waals surface area contributed by atoms with Gasteiger partial charge in [-0.2, -0.15) is 9.67 Å². The maximum atomic E-state index is 12.6. The summed E-state index contributed by atoms with van der Waals surface area (Å²) in [6.07, 6.45) is 1.50.